The van der Waals surface area contributed by atoms with Gasteiger partial charge >= 0.3 is 5.97 Å². The molecule has 1 aromatic rings. The summed E-state index contributed by atoms with van der Waals surface area (Å²) in [4.78, 5) is 11.0. The van der Waals surface area contributed by atoms with Gasteiger partial charge in [-0.05, 0) is 24.8 Å². The highest BCUT2D eigenvalue weighted by molar-refractivity contribution is 7.89. The summed E-state index contributed by atoms with van der Waals surface area (Å²) < 4.78 is 28.9. The Hall–Kier alpha value is -1.34. The zero-order chi connectivity index (χ0) is 15.6. The molecule has 1 aliphatic rings. The molecule has 0 aliphatic heterocycles. The maximum absolute atomic E-state index is 12.4. The van der Waals surface area contributed by atoms with Crippen LogP contribution in [0, 0.1) is 5.92 Å². The lowest BCUT2D eigenvalue weighted by Gasteiger charge is -2.31. The smallest absolute Gasteiger partial charge is 0.352 e. The topological polar surface area (TPSA) is 88.4 Å². The quantitative estimate of drug-likeness (QED) is 0.869. The van der Waals surface area contributed by atoms with Gasteiger partial charge in [-0.25, -0.2) is 17.9 Å². The van der Waals surface area contributed by atoms with Crippen molar-refractivity contribution in [1.82, 2.24) is 9.29 Å². The zero-order valence-electron chi connectivity index (χ0n) is 12.4. The minimum absolute atomic E-state index is 0.0165. The van der Waals surface area contributed by atoms with Gasteiger partial charge in [-0.3, -0.25) is 0 Å². The van der Waals surface area contributed by atoms with Crippen LogP contribution in [0.5, 0.6) is 0 Å². The number of nitrogens with one attached hydrogen (secondary N) is 1. The molecule has 0 amide bonds. The fraction of sp³-hybridized carbons (Fsp3) is 0.643. The van der Waals surface area contributed by atoms with Gasteiger partial charge in [-0.15, -0.1) is 0 Å². The lowest BCUT2D eigenvalue weighted by Crippen LogP contribution is -2.41. The van der Waals surface area contributed by atoms with Crippen LogP contribution in [-0.4, -0.2) is 30.1 Å². The summed E-state index contributed by atoms with van der Waals surface area (Å²) in [7, 11) is -2.15. The Morgan fingerprint density at radius 1 is 1.43 bits per heavy atom. The fourth-order valence-corrected chi connectivity index (χ4v) is 4.42. The van der Waals surface area contributed by atoms with Gasteiger partial charge in [0.1, 0.15) is 10.6 Å². The molecule has 2 unspecified atom stereocenters. The number of nitrogens with zero attached hydrogens (tertiary/aromatic N) is 1. The first-order chi connectivity index (χ1) is 9.85. The van der Waals surface area contributed by atoms with Crippen LogP contribution in [0.15, 0.2) is 17.2 Å². The van der Waals surface area contributed by atoms with E-state index >= 15 is 0 Å². The number of rotatable bonds is 5. The monoisotopic (exact) mass is 314 g/mol. The molecule has 21 heavy (non-hydrogen) atoms. The molecule has 1 aliphatic carbocycles. The van der Waals surface area contributed by atoms with Gasteiger partial charge in [0.25, 0.3) is 0 Å². The second kappa shape index (κ2) is 6.19. The van der Waals surface area contributed by atoms with E-state index in [9.17, 15) is 13.2 Å². The van der Waals surface area contributed by atoms with Crippen molar-refractivity contribution in [2.75, 3.05) is 0 Å². The molecule has 2 rings (SSSR count). The molecule has 0 radical (unpaired) electrons. The molecule has 2 N–H and O–H groups in total. The third kappa shape index (κ3) is 3.47. The summed E-state index contributed by atoms with van der Waals surface area (Å²) in [6.45, 7) is 2.07. The van der Waals surface area contributed by atoms with Gasteiger partial charge in [0.15, 0.2) is 0 Å². The number of hydrogen-bond acceptors (Lipinski definition) is 3. The van der Waals surface area contributed by atoms with Crippen LogP contribution in [0.1, 0.15) is 49.5 Å². The SMILES string of the molecule is CCC1CCCCC1NS(=O)(=O)c1cc(C(=O)O)n(C)c1. The summed E-state index contributed by atoms with van der Waals surface area (Å²) in [6, 6.07) is 1.15. The standard InChI is InChI=1S/C14H22N2O4S/c1-3-10-6-4-5-7-12(10)15-21(19,20)11-8-13(14(17)18)16(2)9-11/h8-10,12,15H,3-7H2,1-2H3,(H,17,18). The van der Waals surface area contributed by atoms with Crippen molar-refractivity contribution >= 4 is 16.0 Å². The molecule has 2 atom stereocenters. The molecule has 1 aromatic heterocycles. The number of carbonyl (C=O) groups is 1. The number of carboxylic acid groups (broad SMARTS) is 1. The predicted octanol–water partition coefficient (Wildman–Crippen LogP) is 1.97. The van der Waals surface area contributed by atoms with Crippen LogP contribution in [0.3, 0.4) is 0 Å². The summed E-state index contributed by atoms with van der Waals surface area (Å²) in [5, 5.41) is 9.01. The van der Waals surface area contributed by atoms with Crippen molar-refractivity contribution in [3.8, 4) is 0 Å². The number of aromatic nitrogens is 1. The largest absolute Gasteiger partial charge is 0.477 e. The van der Waals surface area contributed by atoms with E-state index in [1.165, 1.54) is 23.9 Å². The number of aromatic carboxylic acids is 1. The van der Waals surface area contributed by atoms with Crippen LogP contribution >= 0.6 is 0 Å². The maximum atomic E-state index is 12.4. The number of hydrogen-bond donors (Lipinski definition) is 2. The van der Waals surface area contributed by atoms with Crippen LogP contribution in [0.2, 0.25) is 0 Å². The van der Waals surface area contributed by atoms with Crippen molar-refractivity contribution < 1.29 is 18.3 Å². The Kier molecular flexibility index (Phi) is 4.73. The van der Waals surface area contributed by atoms with Gasteiger partial charge in [0.2, 0.25) is 10.0 Å². The van der Waals surface area contributed by atoms with Crippen molar-refractivity contribution in [3.63, 3.8) is 0 Å². The third-order valence-electron chi connectivity index (χ3n) is 4.25. The average molecular weight is 314 g/mol. The Balaban J connectivity index is 2.21. The van der Waals surface area contributed by atoms with E-state index in [1.807, 2.05) is 0 Å². The fourth-order valence-electron chi connectivity index (χ4n) is 3.01. The van der Waals surface area contributed by atoms with E-state index in [0.29, 0.717) is 5.92 Å². The highest BCUT2D eigenvalue weighted by Gasteiger charge is 2.29. The van der Waals surface area contributed by atoms with Crippen molar-refractivity contribution in [1.29, 1.82) is 0 Å². The van der Waals surface area contributed by atoms with Crippen LogP contribution in [0.4, 0.5) is 0 Å². The Morgan fingerprint density at radius 2 is 2.10 bits per heavy atom. The van der Waals surface area contributed by atoms with Gasteiger partial charge in [0, 0.05) is 19.3 Å². The molecule has 0 aromatic carbocycles. The van der Waals surface area contributed by atoms with Gasteiger partial charge in [-0.1, -0.05) is 26.2 Å². The first-order valence-corrected chi connectivity index (χ1v) is 8.75. The molecule has 118 valence electrons. The number of aryl methyl sites for hydroxylation is 1. The van der Waals surface area contributed by atoms with Crippen LogP contribution in [-0.2, 0) is 17.1 Å². The predicted molar refractivity (Wildman–Crippen MR) is 78.7 cm³/mol. The molecule has 1 fully saturated rings. The number of sulfonamides is 1. The molecule has 1 saturated carbocycles. The van der Waals surface area contributed by atoms with Crippen molar-refractivity contribution in [2.24, 2.45) is 13.0 Å². The van der Waals surface area contributed by atoms with E-state index in [0.717, 1.165) is 32.1 Å². The first-order valence-electron chi connectivity index (χ1n) is 7.27. The summed E-state index contributed by atoms with van der Waals surface area (Å²) >= 11 is 0. The van der Waals surface area contributed by atoms with Crippen LogP contribution < -0.4 is 4.72 Å². The normalized spacial score (nSPS) is 23.1. The Bertz CT molecular complexity index is 621. The van der Waals surface area contributed by atoms with Crippen LogP contribution in [0.25, 0.3) is 0 Å². The Morgan fingerprint density at radius 3 is 2.67 bits per heavy atom. The highest BCUT2D eigenvalue weighted by Crippen LogP contribution is 2.28. The second-order valence-corrected chi connectivity index (χ2v) is 7.37. The minimum atomic E-state index is -3.67. The average Bonchev–Trinajstić information content (AvgIpc) is 2.82. The summed E-state index contributed by atoms with van der Waals surface area (Å²) in [5.41, 5.74) is -0.0361. The molecule has 0 bridgehead atoms. The first kappa shape index (κ1) is 16.0. The lowest BCUT2D eigenvalue weighted by molar-refractivity contribution is 0.0686. The zero-order valence-corrected chi connectivity index (χ0v) is 13.2. The summed E-state index contributed by atoms with van der Waals surface area (Å²) in [6.07, 6.45) is 6.34. The summed E-state index contributed by atoms with van der Waals surface area (Å²) in [5.74, 6) is -0.778. The van der Waals surface area contributed by atoms with E-state index in [1.54, 1.807) is 0 Å². The van der Waals surface area contributed by atoms with Crippen molar-refractivity contribution in [3.05, 3.63) is 18.0 Å². The van der Waals surface area contributed by atoms with Crippen molar-refractivity contribution in [2.45, 2.75) is 50.0 Å². The highest BCUT2D eigenvalue weighted by atomic mass is 32.2. The minimum Gasteiger partial charge on any atom is -0.477 e. The van der Waals surface area contributed by atoms with Gasteiger partial charge in [-0.2, -0.15) is 0 Å². The number of carboxylic acids is 1. The van der Waals surface area contributed by atoms with Gasteiger partial charge < -0.3 is 9.67 Å². The molecular formula is C14H22N2O4S. The molecular weight excluding hydrogens is 292 g/mol. The van der Waals surface area contributed by atoms with E-state index in [2.05, 4.69) is 11.6 Å². The Labute approximate surface area is 125 Å². The lowest BCUT2D eigenvalue weighted by atomic mass is 9.83. The molecule has 0 saturated heterocycles. The molecule has 0 spiro atoms. The maximum Gasteiger partial charge on any atom is 0.352 e. The molecule has 6 nitrogen and oxygen atoms in total. The second-order valence-electron chi connectivity index (χ2n) is 5.66. The molecule has 7 heteroatoms. The third-order valence-corrected chi connectivity index (χ3v) is 5.71. The van der Waals surface area contributed by atoms with E-state index in [-0.39, 0.29) is 16.6 Å². The van der Waals surface area contributed by atoms with E-state index < -0.39 is 16.0 Å². The van der Waals surface area contributed by atoms with Gasteiger partial charge in [0.05, 0.1) is 0 Å². The molecule has 1 heterocycles. The van der Waals surface area contributed by atoms with E-state index in [4.69, 9.17) is 5.11 Å².